The summed E-state index contributed by atoms with van der Waals surface area (Å²) in [7, 11) is 0. The van der Waals surface area contributed by atoms with Gasteiger partial charge < -0.3 is 5.11 Å². The molecule has 4 nitrogen and oxygen atoms in total. The Balaban J connectivity index is 4.04. The fourth-order valence-corrected chi connectivity index (χ4v) is 0.899. The Morgan fingerprint density at radius 3 is 2.17 bits per heavy atom. The van der Waals surface area contributed by atoms with Gasteiger partial charge in [0, 0.05) is 6.42 Å². The molecular weight excluding hydrogens is 158 g/mol. The molecule has 0 rings (SSSR count). The highest BCUT2D eigenvalue weighted by Crippen LogP contribution is 1.96. The van der Waals surface area contributed by atoms with Gasteiger partial charge in [-0.25, -0.2) is 0 Å². The number of nitrogens with one attached hydrogen (secondary N) is 1. The molecule has 0 aromatic rings. The molecule has 0 aliphatic heterocycles. The number of hydrogen-bond acceptors (Lipinski definition) is 4. The molecule has 2 atom stereocenters. The predicted molar refractivity (Wildman–Crippen MR) is 44.6 cm³/mol. The topological polar surface area (TPSA) is 66.4 Å². The molecule has 2 unspecified atom stereocenters. The van der Waals surface area contributed by atoms with Crippen molar-refractivity contribution >= 4 is 11.6 Å². The third kappa shape index (κ3) is 4.98. The average Bonchev–Trinajstić information content (AvgIpc) is 1.83. The first kappa shape index (κ1) is 11.3. The summed E-state index contributed by atoms with van der Waals surface area (Å²) in [5.41, 5.74) is 0. The Labute approximate surface area is 72.0 Å². The first-order valence-corrected chi connectivity index (χ1v) is 3.87. The van der Waals surface area contributed by atoms with Crippen LogP contribution in [0.25, 0.3) is 0 Å². The lowest BCUT2D eigenvalue weighted by Crippen LogP contribution is -2.42. The Hall–Kier alpha value is -0.740. The second kappa shape index (κ2) is 5.00. The zero-order chi connectivity index (χ0) is 9.72. The van der Waals surface area contributed by atoms with Crippen LogP contribution in [0.4, 0.5) is 0 Å². The maximum Gasteiger partial charge on any atom is 0.147 e. The second-order valence-corrected chi connectivity index (χ2v) is 2.91. The third-order valence-corrected chi connectivity index (χ3v) is 1.42. The van der Waals surface area contributed by atoms with Gasteiger partial charge in [0.25, 0.3) is 0 Å². The molecule has 0 amide bonds. The normalized spacial score (nSPS) is 15.3. The molecule has 12 heavy (non-hydrogen) atoms. The Morgan fingerprint density at radius 2 is 1.92 bits per heavy atom. The van der Waals surface area contributed by atoms with Gasteiger partial charge in [-0.2, -0.15) is 0 Å². The molecular formula is C8H15NO3. The van der Waals surface area contributed by atoms with Crippen LogP contribution in [0.3, 0.4) is 0 Å². The fraction of sp³-hybridized carbons (Fsp3) is 0.750. The molecule has 0 saturated carbocycles. The summed E-state index contributed by atoms with van der Waals surface area (Å²) in [6.45, 7) is 4.32. The number of Topliss-reactive ketones (excluding diaryl/α,β-unsaturated/α-hetero) is 2. The summed E-state index contributed by atoms with van der Waals surface area (Å²) in [5, 5.41) is 11.5. The van der Waals surface area contributed by atoms with E-state index in [1.165, 1.54) is 20.8 Å². The van der Waals surface area contributed by atoms with E-state index in [0.29, 0.717) is 0 Å². The first-order valence-electron chi connectivity index (χ1n) is 3.87. The van der Waals surface area contributed by atoms with E-state index in [0.717, 1.165) is 0 Å². The molecule has 0 bridgehead atoms. The second-order valence-electron chi connectivity index (χ2n) is 2.91. The van der Waals surface area contributed by atoms with E-state index in [-0.39, 0.29) is 18.0 Å². The highest BCUT2D eigenvalue weighted by Gasteiger charge is 2.16. The number of carbonyl (C=O) groups excluding carboxylic acids is 2. The largest absolute Gasteiger partial charge is 0.379 e. The van der Waals surface area contributed by atoms with E-state index < -0.39 is 12.3 Å². The molecule has 0 aliphatic carbocycles. The van der Waals surface area contributed by atoms with Gasteiger partial charge in [0.15, 0.2) is 0 Å². The highest BCUT2D eigenvalue weighted by atomic mass is 16.3. The lowest BCUT2D eigenvalue weighted by molar-refractivity contribution is -0.124. The molecule has 0 saturated heterocycles. The zero-order valence-corrected chi connectivity index (χ0v) is 7.63. The van der Waals surface area contributed by atoms with Gasteiger partial charge in [-0.1, -0.05) is 0 Å². The van der Waals surface area contributed by atoms with E-state index in [2.05, 4.69) is 5.32 Å². The van der Waals surface area contributed by atoms with Gasteiger partial charge in [0.05, 0.1) is 6.04 Å². The minimum Gasteiger partial charge on any atom is -0.379 e. The van der Waals surface area contributed by atoms with Gasteiger partial charge in [0.1, 0.15) is 17.8 Å². The van der Waals surface area contributed by atoms with E-state index >= 15 is 0 Å². The first-order chi connectivity index (χ1) is 5.43. The van der Waals surface area contributed by atoms with Crippen LogP contribution in [-0.4, -0.2) is 28.9 Å². The maximum absolute atomic E-state index is 10.9. The van der Waals surface area contributed by atoms with Crippen LogP contribution < -0.4 is 5.32 Å². The maximum atomic E-state index is 10.9. The number of carbonyl (C=O) groups is 2. The van der Waals surface area contributed by atoms with Crippen molar-refractivity contribution in [2.24, 2.45) is 0 Å². The standard InChI is InChI=1S/C8H15NO3/c1-5(10)4-8(6(2)11)9-7(3)12/h7-9,12H,4H2,1-3H3. The van der Waals surface area contributed by atoms with Crippen LogP contribution in [0.5, 0.6) is 0 Å². The molecule has 2 N–H and O–H groups in total. The van der Waals surface area contributed by atoms with Crippen LogP contribution >= 0.6 is 0 Å². The third-order valence-electron chi connectivity index (χ3n) is 1.42. The summed E-state index contributed by atoms with van der Waals surface area (Å²) in [4.78, 5) is 21.6. The van der Waals surface area contributed by atoms with E-state index in [9.17, 15) is 9.59 Å². The molecule has 0 heterocycles. The van der Waals surface area contributed by atoms with Crippen molar-refractivity contribution in [3.05, 3.63) is 0 Å². The number of hydrogen-bond donors (Lipinski definition) is 2. The zero-order valence-electron chi connectivity index (χ0n) is 7.63. The van der Waals surface area contributed by atoms with Crippen molar-refractivity contribution in [2.45, 2.75) is 39.5 Å². The van der Waals surface area contributed by atoms with Crippen LogP contribution in [0.15, 0.2) is 0 Å². The van der Waals surface area contributed by atoms with Crippen molar-refractivity contribution in [3.8, 4) is 0 Å². The number of aliphatic hydroxyl groups is 1. The number of ketones is 2. The Morgan fingerprint density at radius 1 is 1.42 bits per heavy atom. The number of rotatable bonds is 5. The lowest BCUT2D eigenvalue weighted by Gasteiger charge is -2.16. The molecule has 0 aromatic carbocycles. The molecule has 0 aromatic heterocycles. The molecule has 0 radical (unpaired) electrons. The molecule has 4 heteroatoms. The lowest BCUT2D eigenvalue weighted by atomic mass is 10.1. The fourth-order valence-electron chi connectivity index (χ4n) is 0.899. The van der Waals surface area contributed by atoms with Crippen molar-refractivity contribution in [3.63, 3.8) is 0 Å². The molecule has 70 valence electrons. The quantitative estimate of drug-likeness (QED) is 0.567. The molecule has 0 spiro atoms. The molecule has 0 fully saturated rings. The summed E-state index contributed by atoms with van der Waals surface area (Å²) in [6, 6.07) is -0.553. The Kier molecular flexibility index (Phi) is 4.70. The van der Waals surface area contributed by atoms with Gasteiger partial charge >= 0.3 is 0 Å². The smallest absolute Gasteiger partial charge is 0.147 e. The highest BCUT2D eigenvalue weighted by molar-refractivity contribution is 5.88. The van der Waals surface area contributed by atoms with Crippen LogP contribution in [0.1, 0.15) is 27.2 Å². The van der Waals surface area contributed by atoms with E-state index in [1.807, 2.05) is 0 Å². The minimum atomic E-state index is -0.766. The summed E-state index contributed by atoms with van der Waals surface area (Å²) in [5.74, 6) is -0.200. The van der Waals surface area contributed by atoms with Crippen molar-refractivity contribution in [1.82, 2.24) is 5.32 Å². The minimum absolute atomic E-state index is 0.0663. The van der Waals surface area contributed by atoms with Crippen molar-refractivity contribution in [1.29, 1.82) is 0 Å². The van der Waals surface area contributed by atoms with Crippen LogP contribution in [-0.2, 0) is 9.59 Å². The van der Waals surface area contributed by atoms with Gasteiger partial charge in [-0.15, -0.1) is 0 Å². The SMILES string of the molecule is CC(=O)CC(NC(C)O)C(C)=O. The molecule has 0 aliphatic rings. The van der Waals surface area contributed by atoms with Crippen molar-refractivity contribution < 1.29 is 14.7 Å². The van der Waals surface area contributed by atoms with E-state index in [4.69, 9.17) is 5.11 Å². The monoisotopic (exact) mass is 173 g/mol. The Bertz CT molecular complexity index is 177. The van der Waals surface area contributed by atoms with E-state index in [1.54, 1.807) is 0 Å². The van der Waals surface area contributed by atoms with Crippen LogP contribution in [0, 0.1) is 0 Å². The summed E-state index contributed by atoms with van der Waals surface area (Å²) < 4.78 is 0. The van der Waals surface area contributed by atoms with Gasteiger partial charge in [-0.3, -0.25) is 14.9 Å². The predicted octanol–water partition coefficient (Wildman–Crippen LogP) is -0.149. The van der Waals surface area contributed by atoms with Crippen molar-refractivity contribution in [2.75, 3.05) is 0 Å². The number of aliphatic hydroxyl groups excluding tert-OH is 1. The average molecular weight is 173 g/mol. The van der Waals surface area contributed by atoms with Gasteiger partial charge in [0.2, 0.25) is 0 Å². The van der Waals surface area contributed by atoms with Crippen LogP contribution in [0.2, 0.25) is 0 Å². The van der Waals surface area contributed by atoms with Gasteiger partial charge in [-0.05, 0) is 20.8 Å². The summed E-state index contributed by atoms with van der Waals surface area (Å²) in [6.07, 6.45) is -0.626. The summed E-state index contributed by atoms with van der Waals surface area (Å²) >= 11 is 0.